The van der Waals surface area contributed by atoms with E-state index in [0.29, 0.717) is 12.1 Å². The number of ether oxygens (including phenoxy) is 1. The molecular formula is C21H18N2O3. The smallest absolute Gasteiger partial charge is 0.315 e. The molecule has 26 heavy (non-hydrogen) atoms. The Bertz CT molecular complexity index is 931. The van der Waals surface area contributed by atoms with Crippen LogP contribution >= 0.6 is 0 Å². The van der Waals surface area contributed by atoms with E-state index in [2.05, 4.69) is 6.07 Å². The molecule has 3 atom stereocenters. The second kappa shape index (κ2) is 6.30. The molecule has 1 fully saturated rings. The lowest BCUT2D eigenvalue weighted by Gasteiger charge is -2.18. The van der Waals surface area contributed by atoms with Crippen LogP contribution in [-0.4, -0.2) is 25.5 Å². The Morgan fingerprint density at radius 2 is 2.00 bits per heavy atom. The minimum absolute atomic E-state index is 0.0382. The van der Waals surface area contributed by atoms with Crippen molar-refractivity contribution in [3.63, 3.8) is 0 Å². The number of methoxy groups -OCH3 is 1. The quantitative estimate of drug-likeness (QED) is 0.801. The van der Waals surface area contributed by atoms with Gasteiger partial charge in [-0.15, -0.1) is 0 Å². The van der Waals surface area contributed by atoms with E-state index in [9.17, 15) is 9.59 Å². The van der Waals surface area contributed by atoms with E-state index in [1.807, 2.05) is 42.5 Å². The SMILES string of the molecule is COC(=O)[C@@H]1CN(C(=O)[C@@H]2C[C@@H]2c2cccc(C#N)c2)c2ccccc21. The van der Waals surface area contributed by atoms with Gasteiger partial charge in [-0.3, -0.25) is 9.59 Å². The third-order valence-electron chi connectivity index (χ3n) is 5.27. The first kappa shape index (κ1) is 16.3. The second-order valence-corrected chi connectivity index (χ2v) is 6.77. The van der Waals surface area contributed by atoms with Gasteiger partial charge in [-0.1, -0.05) is 30.3 Å². The molecule has 1 aliphatic carbocycles. The number of anilines is 1. The lowest BCUT2D eigenvalue weighted by Crippen LogP contribution is -2.33. The lowest BCUT2D eigenvalue weighted by molar-refractivity contribution is -0.142. The van der Waals surface area contributed by atoms with E-state index >= 15 is 0 Å². The summed E-state index contributed by atoms with van der Waals surface area (Å²) in [5.41, 5.74) is 3.28. The predicted octanol–water partition coefficient (Wildman–Crippen LogP) is 2.97. The Morgan fingerprint density at radius 3 is 2.77 bits per heavy atom. The van der Waals surface area contributed by atoms with Crippen molar-refractivity contribution in [2.75, 3.05) is 18.6 Å². The summed E-state index contributed by atoms with van der Waals surface area (Å²) in [5, 5.41) is 9.06. The molecule has 1 amide bonds. The van der Waals surface area contributed by atoms with Crippen LogP contribution in [-0.2, 0) is 14.3 Å². The lowest BCUT2D eigenvalue weighted by atomic mass is 10.0. The van der Waals surface area contributed by atoms with E-state index in [1.165, 1.54) is 7.11 Å². The summed E-state index contributed by atoms with van der Waals surface area (Å²) in [6, 6.07) is 17.1. The van der Waals surface area contributed by atoms with Gasteiger partial charge in [0.25, 0.3) is 0 Å². The maximum atomic E-state index is 13.1. The summed E-state index contributed by atoms with van der Waals surface area (Å²) in [6.45, 7) is 0.326. The molecule has 1 saturated carbocycles. The van der Waals surface area contributed by atoms with E-state index < -0.39 is 5.92 Å². The van der Waals surface area contributed by atoms with Gasteiger partial charge in [0.15, 0.2) is 0 Å². The van der Waals surface area contributed by atoms with Crippen molar-refractivity contribution < 1.29 is 14.3 Å². The Hall–Kier alpha value is -3.13. The molecule has 0 saturated heterocycles. The molecule has 2 aromatic rings. The maximum absolute atomic E-state index is 13.1. The number of carbonyl (C=O) groups is 2. The number of hydrogen-bond acceptors (Lipinski definition) is 4. The molecule has 0 radical (unpaired) electrons. The molecule has 130 valence electrons. The highest BCUT2D eigenvalue weighted by Gasteiger charge is 2.48. The van der Waals surface area contributed by atoms with Gasteiger partial charge in [-0.05, 0) is 41.7 Å². The molecule has 1 aliphatic heterocycles. The van der Waals surface area contributed by atoms with Crippen molar-refractivity contribution in [3.05, 3.63) is 65.2 Å². The molecule has 0 unspecified atom stereocenters. The molecule has 0 bridgehead atoms. The van der Waals surface area contributed by atoms with E-state index in [-0.39, 0.29) is 23.7 Å². The highest BCUT2D eigenvalue weighted by molar-refractivity contribution is 6.02. The topological polar surface area (TPSA) is 70.4 Å². The molecule has 2 aliphatic rings. The molecule has 0 N–H and O–H groups in total. The van der Waals surface area contributed by atoms with Crippen LogP contribution in [0.4, 0.5) is 5.69 Å². The first-order chi connectivity index (χ1) is 12.6. The number of rotatable bonds is 3. The van der Waals surface area contributed by atoms with Crippen molar-refractivity contribution >= 4 is 17.6 Å². The largest absolute Gasteiger partial charge is 0.468 e. The Kier molecular flexibility index (Phi) is 3.96. The fraction of sp³-hybridized carbons (Fsp3) is 0.286. The standard InChI is InChI=1S/C21H18N2O3/c1-26-21(25)18-12-23(19-8-3-2-7-15(18)19)20(24)17-10-16(17)14-6-4-5-13(9-14)11-22/h2-9,16-18H,10,12H2,1H3/t16-,17-,18-/m1/s1. The highest BCUT2D eigenvalue weighted by atomic mass is 16.5. The van der Waals surface area contributed by atoms with Gasteiger partial charge in [0, 0.05) is 18.2 Å². The van der Waals surface area contributed by atoms with Gasteiger partial charge in [0.1, 0.15) is 5.92 Å². The molecule has 0 spiro atoms. The monoisotopic (exact) mass is 346 g/mol. The molecule has 4 rings (SSSR count). The number of carbonyl (C=O) groups excluding carboxylic acids is 2. The molecular weight excluding hydrogens is 328 g/mol. The van der Waals surface area contributed by atoms with Gasteiger partial charge in [0.05, 0.1) is 18.7 Å². The Labute approximate surface area is 151 Å². The number of amides is 1. The average Bonchev–Trinajstić information content (AvgIpc) is 3.40. The zero-order chi connectivity index (χ0) is 18.3. The number of nitrogens with zero attached hydrogens (tertiary/aromatic N) is 2. The Morgan fingerprint density at radius 1 is 1.19 bits per heavy atom. The van der Waals surface area contributed by atoms with E-state index in [4.69, 9.17) is 10.00 Å². The molecule has 5 nitrogen and oxygen atoms in total. The van der Waals surface area contributed by atoms with E-state index in [0.717, 1.165) is 23.2 Å². The number of hydrogen-bond donors (Lipinski definition) is 0. The molecule has 5 heteroatoms. The third-order valence-corrected chi connectivity index (χ3v) is 5.27. The van der Waals surface area contributed by atoms with Crippen LogP contribution in [0.1, 0.15) is 34.9 Å². The number of nitriles is 1. The van der Waals surface area contributed by atoms with Gasteiger partial charge in [-0.2, -0.15) is 5.26 Å². The number of benzene rings is 2. The summed E-state index contributed by atoms with van der Waals surface area (Å²) in [4.78, 5) is 26.9. The molecule has 1 heterocycles. The number of esters is 1. The van der Waals surface area contributed by atoms with Gasteiger partial charge in [-0.25, -0.2) is 0 Å². The fourth-order valence-corrected chi connectivity index (χ4v) is 3.84. The van der Waals surface area contributed by atoms with Crippen molar-refractivity contribution in [1.82, 2.24) is 0 Å². The minimum Gasteiger partial charge on any atom is -0.468 e. The normalized spacial score (nSPS) is 23.1. The Balaban J connectivity index is 1.56. The second-order valence-electron chi connectivity index (χ2n) is 6.77. The highest BCUT2D eigenvalue weighted by Crippen LogP contribution is 2.50. The zero-order valence-electron chi connectivity index (χ0n) is 14.4. The predicted molar refractivity (Wildman–Crippen MR) is 95.6 cm³/mol. The van der Waals surface area contributed by atoms with Crippen molar-refractivity contribution in [2.45, 2.75) is 18.3 Å². The summed E-state index contributed by atoms with van der Waals surface area (Å²) in [7, 11) is 1.37. The first-order valence-electron chi connectivity index (χ1n) is 8.62. The third kappa shape index (κ3) is 2.64. The number of fused-ring (bicyclic) bond motifs is 1. The molecule has 0 aromatic heterocycles. The summed E-state index contributed by atoms with van der Waals surface area (Å²) >= 11 is 0. The summed E-state index contributed by atoms with van der Waals surface area (Å²) in [5.74, 6) is -0.675. The number of para-hydroxylation sites is 1. The van der Waals surface area contributed by atoms with Gasteiger partial charge in [0.2, 0.25) is 5.91 Å². The van der Waals surface area contributed by atoms with Crippen LogP contribution in [0.2, 0.25) is 0 Å². The molecule has 2 aromatic carbocycles. The van der Waals surface area contributed by atoms with Crippen molar-refractivity contribution in [3.8, 4) is 6.07 Å². The average molecular weight is 346 g/mol. The maximum Gasteiger partial charge on any atom is 0.315 e. The van der Waals surface area contributed by atoms with Crippen LogP contribution in [0.25, 0.3) is 0 Å². The van der Waals surface area contributed by atoms with Crippen molar-refractivity contribution in [2.24, 2.45) is 5.92 Å². The summed E-state index contributed by atoms with van der Waals surface area (Å²) < 4.78 is 4.90. The summed E-state index contributed by atoms with van der Waals surface area (Å²) in [6.07, 6.45) is 0.773. The van der Waals surface area contributed by atoms with Gasteiger partial charge < -0.3 is 9.64 Å². The van der Waals surface area contributed by atoms with E-state index in [1.54, 1.807) is 11.0 Å². The van der Waals surface area contributed by atoms with Gasteiger partial charge >= 0.3 is 5.97 Å². The minimum atomic E-state index is -0.431. The van der Waals surface area contributed by atoms with Crippen LogP contribution < -0.4 is 4.90 Å². The van der Waals surface area contributed by atoms with Crippen LogP contribution in [0.5, 0.6) is 0 Å². The van der Waals surface area contributed by atoms with Crippen molar-refractivity contribution in [1.29, 1.82) is 5.26 Å². The first-order valence-corrected chi connectivity index (χ1v) is 8.62. The zero-order valence-corrected chi connectivity index (χ0v) is 14.4. The van der Waals surface area contributed by atoms with Crippen LogP contribution in [0.3, 0.4) is 0 Å². The van der Waals surface area contributed by atoms with Crippen LogP contribution in [0, 0.1) is 17.2 Å². The van der Waals surface area contributed by atoms with Crippen LogP contribution in [0.15, 0.2) is 48.5 Å². The fourth-order valence-electron chi connectivity index (χ4n) is 3.84.